The van der Waals surface area contributed by atoms with Crippen molar-refractivity contribution < 1.29 is 28.6 Å². The normalized spacial score (nSPS) is 12.2. The zero-order valence-electron chi connectivity index (χ0n) is 39.8. The van der Waals surface area contributed by atoms with Gasteiger partial charge in [-0.2, -0.15) is 0 Å². The lowest BCUT2D eigenvalue weighted by molar-refractivity contribution is -0.167. The van der Waals surface area contributed by atoms with Crippen LogP contribution in [0.3, 0.4) is 0 Å². The molecule has 0 rings (SSSR count). The molecule has 0 aromatic carbocycles. The maximum absolute atomic E-state index is 12.7. The third-order valence-corrected chi connectivity index (χ3v) is 11.6. The molecule has 0 aromatic heterocycles. The molecule has 0 unspecified atom stereocenters. The number of hydrogen-bond donors (Lipinski definition) is 0. The molecule has 0 saturated carbocycles. The van der Waals surface area contributed by atoms with Crippen molar-refractivity contribution in [1.29, 1.82) is 0 Å². The third kappa shape index (κ3) is 45.5. The Morgan fingerprint density at radius 1 is 0.293 bits per heavy atom. The van der Waals surface area contributed by atoms with E-state index in [1.807, 2.05) is 0 Å². The van der Waals surface area contributed by atoms with Crippen molar-refractivity contribution in [3.63, 3.8) is 0 Å². The zero-order valence-corrected chi connectivity index (χ0v) is 39.8. The van der Waals surface area contributed by atoms with E-state index < -0.39 is 6.10 Å². The van der Waals surface area contributed by atoms with E-state index in [1.165, 1.54) is 161 Å². The van der Waals surface area contributed by atoms with E-state index in [1.54, 1.807) is 0 Å². The van der Waals surface area contributed by atoms with Crippen molar-refractivity contribution in [1.82, 2.24) is 0 Å². The van der Waals surface area contributed by atoms with Crippen molar-refractivity contribution in [3.05, 3.63) is 0 Å². The van der Waals surface area contributed by atoms with Crippen LogP contribution in [0.1, 0.15) is 279 Å². The van der Waals surface area contributed by atoms with Crippen LogP contribution in [0.2, 0.25) is 0 Å². The van der Waals surface area contributed by atoms with Crippen LogP contribution < -0.4 is 0 Å². The largest absolute Gasteiger partial charge is 0.462 e. The fourth-order valence-electron chi connectivity index (χ4n) is 7.76. The van der Waals surface area contributed by atoms with Gasteiger partial charge in [0.2, 0.25) is 0 Å². The monoisotopic (exact) mass is 821 g/mol. The number of rotatable bonds is 45. The van der Waals surface area contributed by atoms with Gasteiger partial charge in [-0.25, -0.2) is 0 Å². The lowest BCUT2D eigenvalue weighted by atomic mass is 10.0. The first-order chi connectivity index (χ1) is 28.1. The summed E-state index contributed by atoms with van der Waals surface area (Å²) >= 11 is 0. The molecule has 58 heavy (non-hydrogen) atoms. The summed E-state index contributed by atoms with van der Waals surface area (Å²) < 4.78 is 16.7. The zero-order chi connectivity index (χ0) is 42.7. The van der Waals surface area contributed by atoms with Crippen LogP contribution in [0.25, 0.3) is 0 Å². The minimum Gasteiger partial charge on any atom is -0.462 e. The van der Waals surface area contributed by atoms with Gasteiger partial charge >= 0.3 is 17.9 Å². The number of unbranched alkanes of at least 4 members (excludes halogenated alkanes) is 28. The summed E-state index contributed by atoms with van der Waals surface area (Å²) in [5, 5.41) is 0. The highest BCUT2D eigenvalue weighted by Gasteiger charge is 2.19. The van der Waals surface area contributed by atoms with Crippen molar-refractivity contribution in [2.45, 2.75) is 285 Å². The Balaban J connectivity index is 4.15. The van der Waals surface area contributed by atoms with E-state index in [-0.39, 0.29) is 31.1 Å². The molecule has 0 heterocycles. The summed E-state index contributed by atoms with van der Waals surface area (Å²) in [5.74, 6) is 1.54. The van der Waals surface area contributed by atoms with Crippen molar-refractivity contribution >= 4 is 17.9 Å². The van der Waals surface area contributed by atoms with Gasteiger partial charge in [0.15, 0.2) is 6.10 Å². The van der Waals surface area contributed by atoms with Crippen molar-refractivity contribution in [2.75, 3.05) is 13.2 Å². The SMILES string of the molecule is CC(C)CCCCCCCCCCCCCCCCCCCCC(=O)OC[C@@H](COC(=O)CCCCCCCCCC(C)C)OC(=O)CCCCCCCCC(C)C. The maximum atomic E-state index is 12.7. The molecule has 0 amide bonds. The van der Waals surface area contributed by atoms with E-state index in [2.05, 4.69) is 41.5 Å². The standard InChI is InChI=1S/C52H100O6/c1-46(2)38-32-26-20-17-15-13-11-9-7-8-10-12-14-16-18-22-29-35-41-50(53)56-44-49(58-52(55)43-37-31-25-24-28-34-40-48(5)6)45-57-51(54)42-36-30-23-19-21-27-33-39-47(3)4/h46-49H,7-45H2,1-6H3/t49-/m0/s1. The van der Waals surface area contributed by atoms with Gasteiger partial charge in [0.1, 0.15) is 13.2 Å². The fraction of sp³-hybridized carbons (Fsp3) is 0.942. The number of carbonyl (C=O) groups is 3. The first-order valence-corrected chi connectivity index (χ1v) is 25.6. The van der Waals surface area contributed by atoms with Gasteiger partial charge in [-0.05, 0) is 37.0 Å². The molecule has 0 aliphatic carbocycles. The minimum atomic E-state index is -0.763. The van der Waals surface area contributed by atoms with Crippen molar-refractivity contribution in [3.8, 4) is 0 Å². The highest BCUT2D eigenvalue weighted by atomic mass is 16.6. The fourth-order valence-corrected chi connectivity index (χ4v) is 7.76. The Labute approximate surface area is 361 Å². The molecule has 0 aromatic rings. The lowest BCUT2D eigenvalue weighted by Crippen LogP contribution is -2.30. The number of esters is 3. The molecule has 0 fully saturated rings. The Morgan fingerprint density at radius 3 is 0.741 bits per heavy atom. The van der Waals surface area contributed by atoms with Crippen LogP contribution in [0.5, 0.6) is 0 Å². The van der Waals surface area contributed by atoms with Crippen LogP contribution in [-0.2, 0) is 28.6 Å². The molecule has 344 valence electrons. The second-order valence-electron chi connectivity index (χ2n) is 19.2. The summed E-state index contributed by atoms with van der Waals surface area (Å²) in [5.41, 5.74) is 0. The van der Waals surface area contributed by atoms with Gasteiger partial charge in [0, 0.05) is 19.3 Å². The van der Waals surface area contributed by atoms with Gasteiger partial charge in [-0.1, -0.05) is 241 Å². The van der Waals surface area contributed by atoms with E-state index in [0.29, 0.717) is 19.3 Å². The summed E-state index contributed by atoms with van der Waals surface area (Å²) in [7, 11) is 0. The Kier molecular flexibility index (Phi) is 42.3. The molecule has 0 radical (unpaired) electrons. The van der Waals surface area contributed by atoms with Crippen LogP contribution in [0.15, 0.2) is 0 Å². The summed E-state index contributed by atoms with van der Waals surface area (Å²) in [6, 6.07) is 0. The highest BCUT2D eigenvalue weighted by molar-refractivity contribution is 5.71. The first kappa shape index (κ1) is 56.4. The molecule has 0 aliphatic heterocycles. The highest BCUT2D eigenvalue weighted by Crippen LogP contribution is 2.17. The molecule has 6 nitrogen and oxygen atoms in total. The topological polar surface area (TPSA) is 78.9 Å². The minimum absolute atomic E-state index is 0.0663. The van der Waals surface area contributed by atoms with Crippen LogP contribution in [-0.4, -0.2) is 37.2 Å². The van der Waals surface area contributed by atoms with E-state index in [4.69, 9.17) is 14.2 Å². The molecule has 1 atom stereocenters. The van der Waals surface area contributed by atoms with Gasteiger partial charge in [0.05, 0.1) is 0 Å². The number of hydrogen-bond acceptors (Lipinski definition) is 6. The second-order valence-corrected chi connectivity index (χ2v) is 19.2. The average Bonchev–Trinajstić information content (AvgIpc) is 3.18. The predicted molar refractivity (Wildman–Crippen MR) is 247 cm³/mol. The third-order valence-electron chi connectivity index (χ3n) is 11.6. The van der Waals surface area contributed by atoms with Crippen molar-refractivity contribution in [2.24, 2.45) is 17.8 Å². The second kappa shape index (κ2) is 43.5. The first-order valence-electron chi connectivity index (χ1n) is 25.6. The van der Waals surface area contributed by atoms with Gasteiger partial charge in [0.25, 0.3) is 0 Å². The van der Waals surface area contributed by atoms with Crippen LogP contribution >= 0.6 is 0 Å². The van der Waals surface area contributed by atoms with E-state index >= 15 is 0 Å². The molecule has 0 spiro atoms. The Hall–Kier alpha value is -1.59. The number of carbonyl (C=O) groups excluding carboxylic acids is 3. The Bertz CT molecular complexity index is 898. The molecule has 0 aliphatic rings. The van der Waals surface area contributed by atoms with Crippen LogP contribution in [0, 0.1) is 17.8 Å². The molecule has 0 N–H and O–H groups in total. The average molecular weight is 821 g/mol. The lowest BCUT2D eigenvalue weighted by Gasteiger charge is -2.18. The van der Waals surface area contributed by atoms with Gasteiger partial charge in [-0.3, -0.25) is 14.4 Å². The summed E-state index contributed by atoms with van der Waals surface area (Å²) in [4.78, 5) is 37.8. The Morgan fingerprint density at radius 2 is 0.500 bits per heavy atom. The molecule has 0 saturated heterocycles. The quantitative estimate of drug-likeness (QED) is 0.0346. The molecular weight excluding hydrogens is 721 g/mol. The number of ether oxygens (including phenoxy) is 3. The summed E-state index contributed by atoms with van der Waals surface area (Å²) in [6.45, 7) is 13.6. The van der Waals surface area contributed by atoms with Gasteiger partial charge in [-0.15, -0.1) is 0 Å². The molecule has 6 heteroatoms. The molecular formula is C52H100O6. The van der Waals surface area contributed by atoms with E-state index in [0.717, 1.165) is 75.5 Å². The summed E-state index contributed by atoms with van der Waals surface area (Å²) in [6.07, 6.45) is 42.7. The van der Waals surface area contributed by atoms with Crippen LogP contribution in [0.4, 0.5) is 0 Å². The van der Waals surface area contributed by atoms with E-state index in [9.17, 15) is 14.4 Å². The molecule has 0 bridgehead atoms. The maximum Gasteiger partial charge on any atom is 0.306 e. The van der Waals surface area contributed by atoms with Gasteiger partial charge < -0.3 is 14.2 Å². The predicted octanol–water partition coefficient (Wildman–Crippen LogP) is 16.4. The smallest absolute Gasteiger partial charge is 0.306 e.